The van der Waals surface area contributed by atoms with Gasteiger partial charge in [0.1, 0.15) is 12.3 Å². The number of anilines is 1. The van der Waals surface area contributed by atoms with Crippen LogP contribution in [0, 0.1) is 0 Å². The third-order valence-corrected chi connectivity index (χ3v) is 5.75. The Morgan fingerprint density at radius 3 is 2.32 bits per heavy atom. The fourth-order valence-corrected chi connectivity index (χ4v) is 3.76. The van der Waals surface area contributed by atoms with E-state index < -0.39 is 0 Å². The van der Waals surface area contributed by atoms with Crippen molar-refractivity contribution in [2.45, 2.75) is 6.54 Å². The minimum absolute atomic E-state index is 0.187. The minimum Gasteiger partial charge on any atom is -0.497 e. The molecule has 0 spiro atoms. The number of halogens is 2. The number of hydrogen-bond acceptors (Lipinski definition) is 3. The van der Waals surface area contributed by atoms with Crippen LogP contribution < -0.4 is 14.5 Å². The van der Waals surface area contributed by atoms with Gasteiger partial charge in [0.2, 0.25) is 0 Å². The number of piperazine rings is 1. The number of amides is 1. The monoisotopic (exact) mass is 422 g/mol. The van der Waals surface area contributed by atoms with Crippen LogP contribution in [0.5, 0.6) is 5.75 Å². The molecule has 0 radical (unpaired) electrons. The van der Waals surface area contributed by atoms with E-state index in [-0.39, 0.29) is 5.91 Å². The van der Waals surface area contributed by atoms with Gasteiger partial charge in [-0.2, -0.15) is 0 Å². The molecule has 150 valence electrons. The highest BCUT2D eigenvalue weighted by Crippen LogP contribution is 2.22. The Morgan fingerprint density at radius 1 is 1.04 bits per heavy atom. The van der Waals surface area contributed by atoms with Crippen molar-refractivity contribution in [2.75, 3.05) is 51.8 Å². The first-order valence-corrected chi connectivity index (χ1v) is 10.1. The topological polar surface area (TPSA) is 37.2 Å². The number of carbonyl (C=O) groups is 1. The summed E-state index contributed by atoms with van der Waals surface area (Å²) in [7, 11) is 3.69. The van der Waals surface area contributed by atoms with E-state index in [4.69, 9.17) is 27.9 Å². The number of ether oxygens (including phenoxy) is 1. The molecule has 3 rings (SSSR count). The first-order valence-electron chi connectivity index (χ1n) is 9.38. The van der Waals surface area contributed by atoms with Gasteiger partial charge in [-0.15, -0.1) is 0 Å². The summed E-state index contributed by atoms with van der Waals surface area (Å²) in [6.07, 6.45) is 0. The molecular weight excluding hydrogens is 397 g/mol. The molecular formula is C21H26Cl2N3O2+. The quantitative estimate of drug-likeness (QED) is 0.776. The second kappa shape index (κ2) is 9.50. The van der Waals surface area contributed by atoms with Crippen LogP contribution in [-0.4, -0.2) is 57.7 Å². The summed E-state index contributed by atoms with van der Waals surface area (Å²) in [5.74, 6) is 1.04. The third-order valence-electron chi connectivity index (χ3n) is 5.01. The van der Waals surface area contributed by atoms with Gasteiger partial charge in [-0.3, -0.25) is 4.79 Å². The van der Waals surface area contributed by atoms with Gasteiger partial charge < -0.3 is 19.4 Å². The summed E-state index contributed by atoms with van der Waals surface area (Å²) in [5.41, 5.74) is 2.24. The molecule has 1 saturated heterocycles. The number of methoxy groups -OCH3 is 1. The Kier molecular flexibility index (Phi) is 7.05. The number of nitrogens with zero attached hydrogens (tertiary/aromatic N) is 2. The fraction of sp³-hybridized carbons (Fsp3) is 0.381. The zero-order chi connectivity index (χ0) is 20.1. The lowest BCUT2D eigenvalue weighted by Gasteiger charge is -2.36. The molecule has 1 N–H and O–H groups in total. The molecule has 1 atom stereocenters. The summed E-state index contributed by atoms with van der Waals surface area (Å²) in [6, 6.07) is 13.7. The standard InChI is InChI=1S/C21H25Cl2N3O2/c1-24(14-16-3-8-19(22)20(23)13-16)15-21(27)26-11-9-25(10-12-26)17-4-6-18(28-2)7-5-17/h3-8,13H,9-12,14-15H2,1-2H3/p+1. The molecule has 5 nitrogen and oxygen atoms in total. The summed E-state index contributed by atoms with van der Waals surface area (Å²) in [5, 5.41) is 1.10. The normalized spacial score (nSPS) is 15.4. The third kappa shape index (κ3) is 5.31. The van der Waals surface area contributed by atoms with Crippen molar-refractivity contribution >= 4 is 34.8 Å². The Bertz CT molecular complexity index is 806. The van der Waals surface area contributed by atoms with Gasteiger partial charge in [0.15, 0.2) is 6.54 Å². The highest BCUT2D eigenvalue weighted by atomic mass is 35.5. The molecule has 1 fully saturated rings. The number of carbonyl (C=O) groups excluding carboxylic acids is 1. The predicted octanol–water partition coefficient (Wildman–Crippen LogP) is 2.37. The average Bonchev–Trinajstić information content (AvgIpc) is 2.71. The van der Waals surface area contributed by atoms with Crippen molar-refractivity contribution in [1.82, 2.24) is 4.90 Å². The van der Waals surface area contributed by atoms with Crippen molar-refractivity contribution in [3.63, 3.8) is 0 Å². The molecule has 0 saturated carbocycles. The van der Waals surface area contributed by atoms with Crippen LogP contribution in [0.15, 0.2) is 42.5 Å². The number of nitrogens with one attached hydrogen (secondary N) is 1. The number of benzene rings is 2. The molecule has 7 heteroatoms. The van der Waals surface area contributed by atoms with Gasteiger partial charge in [0.05, 0.1) is 24.2 Å². The highest BCUT2D eigenvalue weighted by molar-refractivity contribution is 6.42. The number of rotatable bonds is 6. The Hall–Kier alpha value is -1.95. The lowest BCUT2D eigenvalue weighted by atomic mass is 10.2. The minimum atomic E-state index is 0.187. The second-order valence-electron chi connectivity index (χ2n) is 7.12. The maximum Gasteiger partial charge on any atom is 0.277 e. The molecule has 2 aromatic rings. The van der Waals surface area contributed by atoms with E-state index in [2.05, 4.69) is 17.0 Å². The Labute approximate surface area is 176 Å². The Morgan fingerprint density at radius 2 is 1.71 bits per heavy atom. The molecule has 1 heterocycles. The van der Waals surface area contributed by atoms with E-state index in [0.717, 1.165) is 54.6 Å². The van der Waals surface area contributed by atoms with Crippen molar-refractivity contribution in [1.29, 1.82) is 0 Å². The van der Waals surface area contributed by atoms with Gasteiger partial charge in [0, 0.05) is 37.4 Å². The van der Waals surface area contributed by atoms with Crippen molar-refractivity contribution in [2.24, 2.45) is 0 Å². The lowest BCUT2D eigenvalue weighted by molar-refractivity contribution is -0.885. The second-order valence-corrected chi connectivity index (χ2v) is 7.94. The molecule has 1 aliphatic rings. The van der Waals surface area contributed by atoms with Crippen LogP contribution in [0.2, 0.25) is 10.0 Å². The molecule has 0 aromatic heterocycles. The number of likely N-dealkylation sites (N-methyl/N-ethyl adjacent to an activating group) is 1. The van der Waals surface area contributed by atoms with Gasteiger partial charge in [-0.05, 0) is 36.4 Å². The predicted molar refractivity (Wildman–Crippen MR) is 114 cm³/mol. The molecule has 1 amide bonds. The van der Waals surface area contributed by atoms with Crippen LogP contribution in [0.25, 0.3) is 0 Å². The van der Waals surface area contributed by atoms with Crippen molar-refractivity contribution < 1.29 is 14.4 Å². The maximum atomic E-state index is 12.7. The molecule has 1 unspecified atom stereocenters. The molecule has 1 aliphatic heterocycles. The zero-order valence-electron chi connectivity index (χ0n) is 16.3. The molecule has 28 heavy (non-hydrogen) atoms. The van der Waals surface area contributed by atoms with E-state index in [9.17, 15) is 4.79 Å². The fourth-order valence-electron chi connectivity index (χ4n) is 3.44. The first kappa shape index (κ1) is 20.8. The summed E-state index contributed by atoms with van der Waals surface area (Å²) < 4.78 is 5.21. The van der Waals surface area contributed by atoms with E-state index in [0.29, 0.717) is 16.6 Å². The van der Waals surface area contributed by atoms with Crippen LogP contribution in [0.1, 0.15) is 5.56 Å². The summed E-state index contributed by atoms with van der Waals surface area (Å²) in [6.45, 7) is 4.35. The largest absolute Gasteiger partial charge is 0.497 e. The first-order chi connectivity index (χ1) is 13.5. The van der Waals surface area contributed by atoms with Gasteiger partial charge in [-0.1, -0.05) is 29.3 Å². The number of quaternary nitrogens is 1. The Balaban J connectivity index is 1.48. The van der Waals surface area contributed by atoms with Crippen molar-refractivity contribution in [3.05, 3.63) is 58.1 Å². The van der Waals surface area contributed by atoms with Crippen LogP contribution >= 0.6 is 23.2 Å². The molecule has 2 aromatic carbocycles. The van der Waals surface area contributed by atoms with Crippen LogP contribution in [0.4, 0.5) is 5.69 Å². The van der Waals surface area contributed by atoms with E-state index in [1.165, 1.54) is 0 Å². The highest BCUT2D eigenvalue weighted by Gasteiger charge is 2.23. The van der Waals surface area contributed by atoms with Gasteiger partial charge in [0.25, 0.3) is 5.91 Å². The van der Waals surface area contributed by atoms with E-state index >= 15 is 0 Å². The van der Waals surface area contributed by atoms with Gasteiger partial charge >= 0.3 is 0 Å². The number of hydrogen-bond donors (Lipinski definition) is 1. The zero-order valence-corrected chi connectivity index (χ0v) is 17.8. The average molecular weight is 423 g/mol. The van der Waals surface area contributed by atoms with E-state index in [1.807, 2.05) is 36.2 Å². The van der Waals surface area contributed by atoms with Gasteiger partial charge in [-0.25, -0.2) is 0 Å². The summed E-state index contributed by atoms with van der Waals surface area (Å²) >= 11 is 12.0. The smallest absolute Gasteiger partial charge is 0.277 e. The maximum absolute atomic E-state index is 12.7. The van der Waals surface area contributed by atoms with Crippen LogP contribution in [0.3, 0.4) is 0 Å². The van der Waals surface area contributed by atoms with Crippen LogP contribution in [-0.2, 0) is 11.3 Å². The molecule has 0 bridgehead atoms. The summed E-state index contributed by atoms with van der Waals surface area (Å²) in [4.78, 5) is 18.1. The SMILES string of the molecule is COc1ccc(N2CCN(C(=O)C[NH+](C)Cc3ccc(Cl)c(Cl)c3)CC2)cc1. The lowest BCUT2D eigenvalue weighted by Crippen LogP contribution is -3.09. The molecule has 0 aliphatic carbocycles. The van der Waals surface area contributed by atoms with E-state index in [1.54, 1.807) is 13.2 Å². The van der Waals surface area contributed by atoms with Crippen molar-refractivity contribution in [3.8, 4) is 5.75 Å².